The molecule has 1 heterocycles. The highest BCUT2D eigenvalue weighted by atomic mass is 16.5. The first-order chi connectivity index (χ1) is 15.1. The molecule has 0 aromatic heterocycles. The van der Waals surface area contributed by atoms with E-state index in [-0.39, 0.29) is 24.5 Å². The summed E-state index contributed by atoms with van der Waals surface area (Å²) >= 11 is 0. The normalized spacial score (nSPS) is 24.0. The maximum absolute atomic E-state index is 13.2. The van der Waals surface area contributed by atoms with Gasteiger partial charge in [-0.2, -0.15) is 0 Å². The molecule has 1 saturated carbocycles. The molecule has 31 heavy (non-hydrogen) atoms. The number of nitrogens with zero attached hydrogens (tertiary/aromatic N) is 1. The van der Waals surface area contributed by atoms with E-state index in [0.717, 1.165) is 36.8 Å². The van der Waals surface area contributed by atoms with Crippen LogP contribution in [-0.2, 0) is 32.3 Å². The van der Waals surface area contributed by atoms with E-state index in [4.69, 9.17) is 9.47 Å². The van der Waals surface area contributed by atoms with Gasteiger partial charge in [-0.25, -0.2) is 4.79 Å². The lowest BCUT2D eigenvalue weighted by Crippen LogP contribution is -2.67. The topological polar surface area (TPSA) is 55.8 Å². The Morgan fingerprint density at radius 1 is 1.00 bits per heavy atom. The van der Waals surface area contributed by atoms with Gasteiger partial charge in [-0.1, -0.05) is 67.6 Å². The number of carbonyl (C=O) groups excluding carboxylic acids is 2. The number of hydrogen-bond donors (Lipinski definition) is 0. The van der Waals surface area contributed by atoms with E-state index >= 15 is 0 Å². The SMILES string of the molecule is CC1CCC2(CC1)CN(C(COCc1ccccc1)C(=O)OCc1ccccc1)C2=O. The molecule has 4 rings (SSSR count). The van der Waals surface area contributed by atoms with Gasteiger partial charge in [0.2, 0.25) is 5.91 Å². The molecular weight excluding hydrogens is 390 g/mol. The lowest BCUT2D eigenvalue weighted by Gasteiger charge is -2.53. The molecule has 5 heteroatoms. The minimum atomic E-state index is -0.704. The van der Waals surface area contributed by atoms with Gasteiger partial charge in [0.25, 0.3) is 0 Å². The second-order valence-corrected chi connectivity index (χ2v) is 9.01. The van der Waals surface area contributed by atoms with Crippen molar-refractivity contribution in [2.24, 2.45) is 11.3 Å². The highest BCUT2D eigenvalue weighted by Crippen LogP contribution is 2.47. The molecule has 0 radical (unpaired) electrons. The first-order valence-electron chi connectivity index (χ1n) is 11.2. The fraction of sp³-hybridized carbons (Fsp3) is 0.462. The van der Waals surface area contributed by atoms with E-state index in [1.54, 1.807) is 4.90 Å². The van der Waals surface area contributed by atoms with Crippen molar-refractivity contribution in [1.29, 1.82) is 0 Å². The molecule has 1 aliphatic heterocycles. The number of hydrogen-bond acceptors (Lipinski definition) is 4. The fourth-order valence-corrected chi connectivity index (χ4v) is 4.59. The zero-order valence-electron chi connectivity index (χ0n) is 18.2. The Bertz CT molecular complexity index is 875. The predicted molar refractivity (Wildman–Crippen MR) is 118 cm³/mol. The number of rotatable bonds is 8. The lowest BCUT2D eigenvalue weighted by atomic mass is 9.65. The molecule has 1 unspecified atom stereocenters. The van der Waals surface area contributed by atoms with Gasteiger partial charge in [0, 0.05) is 6.54 Å². The molecule has 2 fully saturated rings. The summed E-state index contributed by atoms with van der Waals surface area (Å²) in [7, 11) is 0. The lowest BCUT2D eigenvalue weighted by molar-refractivity contribution is -0.181. The highest BCUT2D eigenvalue weighted by Gasteiger charge is 2.56. The Morgan fingerprint density at radius 3 is 2.16 bits per heavy atom. The Labute approximate surface area is 184 Å². The molecule has 2 aromatic rings. The van der Waals surface area contributed by atoms with Gasteiger partial charge >= 0.3 is 5.97 Å². The van der Waals surface area contributed by atoms with Crippen LogP contribution in [0, 0.1) is 11.3 Å². The van der Waals surface area contributed by atoms with Crippen molar-refractivity contribution in [2.75, 3.05) is 13.2 Å². The number of likely N-dealkylation sites (tertiary alicyclic amines) is 1. The molecule has 2 aliphatic rings. The van der Waals surface area contributed by atoms with Crippen LogP contribution in [0.1, 0.15) is 43.7 Å². The molecule has 2 aromatic carbocycles. The summed E-state index contributed by atoms with van der Waals surface area (Å²) in [6.45, 7) is 3.60. The number of amides is 1. The van der Waals surface area contributed by atoms with Crippen LogP contribution < -0.4 is 0 Å². The molecule has 1 aliphatic carbocycles. The second-order valence-electron chi connectivity index (χ2n) is 9.01. The maximum Gasteiger partial charge on any atom is 0.331 e. The van der Waals surface area contributed by atoms with E-state index in [1.165, 1.54) is 0 Å². The van der Waals surface area contributed by atoms with Crippen molar-refractivity contribution >= 4 is 11.9 Å². The molecule has 164 valence electrons. The van der Waals surface area contributed by atoms with Crippen molar-refractivity contribution in [3.05, 3.63) is 71.8 Å². The Balaban J connectivity index is 1.39. The van der Waals surface area contributed by atoms with Crippen LogP contribution in [0.4, 0.5) is 0 Å². The third-order valence-electron chi connectivity index (χ3n) is 6.68. The number of benzene rings is 2. The Morgan fingerprint density at radius 2 is 1.58 bits per heavy atom. The standard InChI is InChI=1S/C26H31NO4/c1-20-12-14-26(15-13-20)19-27(25(26)29)23(18-30-16-21-8-4-2-5-9-21)24(28)31-17-22-10-6-3-7-11-22/h2-11,20,23H,12-19H2,1H3. The maximum atomic E-state index is 13.2. The fourth-order valence-electron chi connectivity index (χ4n) is 4.59. The summed E-state index contributed by atoms with van der Waals surface area (Å²) in [5.41, 5.74) is 1.68. The largest absolute Gasteiger partial charge is 0.459 e. The molecule has 0 bridgehead atoms. The van der Waals surface area contributed by atoms with Gasteiger partial charge in [0.1, 0.15) is 6.61 Å². The number of ether oxygens (including phenoxy) is 2. The van der Waals surface area contributed by atoms with Crippen molar-refractivity contribution in [3.8, 4) is 0 Å². The van der Waals surface area contributed by atoms with Crippen LogP contribution in [0.15, 0.2) is 60.7 Å². The van der Waals surface area contributed by atoms with Gasteiger partial charge in [-0.15, -0.1) is 0 Å². The Kier molecular flexibility index (Phi) is 6.71. The van der Waals surface area contributed by atoms with Gasteiger partial charge in [-0.3, -0.25) is 4.79 Å². The highest BCUT2D eigenvalue weighted by molar-refractivity contribution is 5.93. The minimum absolute atomic E-state index is 0.0874. The second kappa shape index (κ2) is 9.65. The summed E-state index contributed by atoms with van der Waals surface area (Å²) in [6.07, 6.45) is 3.99. The van der Waals surface area contributed by atoms with Crippen LogP contribution in [0.25, 0.3) is 0 Å². The van der Waals surface area contributed by atoms with Crippen LogP contribution in [-0.4, -0.2) is 36.0 Å². The van der Waals surface area contributed by atoms with Crippen molar-refractivity contribution in [3.63, 3.8) is 0 Å². The van der Waals surface area contributed by atoms with E-state index in [2.05, 4.69) is 6.92 Å². The molecule has 1 spiro atoms. The zero-order chi connectivity index (χ0) is 21.7. The third kappa shape index (κ3) is 4.99. The van der Waals surface area contributed by atoms with Crippen molar-refractivity contribution in [2.45, 2.75) is 51.9 Å². The molecule has 5 nitrogen and oxygen atoms in total. The summed E-state index contributed by atoms with van der Waals surface area (Å²) in [4.78, 5) is 27.8. The van der Waals surface area contributed by atoms with Crippen LogP contribution in [0.2, 0.25) is 0 Å². The zero-order valence-corrected chi connectivity index (χ0v) is 18.2. The summed E-state index contributed by atoms with van der Waals surface area (Å²) in [6, 6.07) is 18.7. The van der Waals surface area contributed by atoms with E-state index in [1.807, 2.05) is 60.7 Å². The van der Waals surface area contributed by atoms with Crippen LogP contribution >= 0.6 is 0 Å². The van der Waals surface area contributed by atoms with Crippen molar-refractivity contribution < 1.29 is 19.1 Å². The Hall–Kier alpha value is -2.66. The number of β-lactam (4-membered cyclic amide) rings is 1. The molecule has 1 saturated heterocycles. The average Bonchev–Trinajstić information content (AvgIpc) is 2.81. The molecule has 1 amide bonds. The van der Waals surface area contributed by atoms with E-state index in [9.17, 15) is 9.59 Å². The minimum Gasteiger partial charge on any atom is -0.459 e. The average molecular weight is 422 g/mol. The van der Waals surface area contributed by atoms with E-state index in [0.29, 0.717) is 19.1 Å². The van der Waals surface area contributed by atoms with E-state index < -0.39 is 12.0 Å². The first kappa shape index (κ1) is 21.6. The summed E-state index contributed by atoms with van der Waals surface area (Å²) in [5, 5.41) is 0. The predicted octanol–water partition coefficient (Wildman–Crippen LogP) is 4.35. The monoisotopic (exact) mass is 421 g/mol. The summed E-state index contributed by atoms with van der Waals surface area (Å²) < 4.78 is 11.4. The van der Waals surface area contributed by atoms with Crippen LogP contribution in [0.3, 0.4) is 0 Å². The summed E-state index contributed by atoms with van der Waals surface area (Å²) in [5.74, 6) is 0.363. The smallest absolute Gasteiger partial charge is 0.331 e. The van der Waals surface area contributed by atoms with Gasteiger partial charge in [0.15, 0.2) is 6.04 Å². The van der Waals surface area contributed by atoms with Gasteiger partial charge in [0.05, 0.1) is 18.6 Å². The van der Waals surface area contributed by atoms with Gasteiger partial charge < -0.3 is 14.4 Å². The number of carbonyl (C=O) groups is 2. The number of esters is 1. The third-order valence-corrected chi connectivity index (χ3v) is 6.68. The molecular formula is C26H31NO4. The molecule has 1 atom stereocenters. The van der Waals surface area contributed by atoms with Crippen molar-refractivity contribution in [1.82, 2.24) is 4.90 Å². The molecule has 0 N–H and O–H groups in total. The first-order valence-corrected chi connectivity index (χ1v) is 11.2. The van der Waals surface area contributed by atoms with Crippen LogP contribution in [0.5, 0.6) is 0 Å². The van der Waals surface area contributed by atoms with Gasteiger partial charge in [-0.05, 0) is 42.7 Å². The quantitative estimate of drug-likeness (QED) is 0.470.